The number of amides is 2. The van der Waals surface area contributed by atoms with E-state index in [-0.39, 0.29) is 18.4 Å². The third kappa shape index (κ3) is 5.79. The number of aryl methyl sites for hydroxylation is 3. The molecule has 1 aromatic carbocycles. The Morgan fingerprint density at radius 2 is 1.79 bits per heavy atom. The highest BCUT2D eigenvalue weighted by Crippen LogP contribution is 2.18. The standard InChI is InChI=1S/C21H28N4O2S/c1-6-16-9-7-8-10-18(16)24-19(26)13-25(4)20(27)12-11-17-14(2)22-21(28-5)23-15(17)3/h7-10H,6,11-13H2,1-5H3,(H,24,26). The van der Waals surface area contributed by atoms with Crippen LogP contribution in [0.15, 0.2) is 29.4 Å². The molecule has 0 radical (unpaired) electrons. The van der Waals surface area contributed by atoms with E-state index in [0.29, 0.717) is 12.8 Å². The second-order valence-corrected chi connectivity index (χ2v) is 7.44. The van der Waals surface area contributed by atoms with Crippen molar-refractivity contribution in [1.82, 2.24) is 14.9 Å². The van der Waals surface area contributed by atoms with E-state index in [4.69, 9.17) is 0 Å². The predicted molar refractivity (Wildman–Crippen MR) is 114 cm³/mol. The number of hydrogen-bond donors (Lipinski definition) is 1. The first kappa shape index (κ1) is 21.9. The Labute approximate surface area is 171 Å². The fourth-order valence-electron chi connectivity index (χ4n) is 3.03. The number of carbonyl (C=O) groups excluding carboxylic acids is 2. The van der Waals surface area contributed by atoms with Crippen LogP contribution in [0.1, 0.15) is 35.9 Å². The van der Waals surface area contributed by atoms with E-state index in [0.717, 1.165) is 39.8 Å². The zero-order chi connectivity index (χ0) is 20.7. The van der Waals surface area contributed by atoms with Gasteiger partial charge in [0.05, 0.1) is 6.54 Å². The highest BCUT2D eigenvalue weighted by molar-refractivity contribution is 7.98. The normalized spacial score (nSPS) is 10.6. The molecule has 2 rings (SSSR count). The molecule has 2 aromatic rings. The number of carbonyl (C=O) groups is 2. The summed E-state index contributed by atoms with van der Waals surface area (Å²) >= 11 is 1.50. The Balaban J connectivity index is 1.92. The zero-order valence-corrected chi connectivity index (χ0v) is 18.0. The number of aromatic nitrogens is 2. The Bertz CT molecular complexity index is 831. The van der Waals surface area contributed by atoms with Crippen molar-refractivity contribution in [3.8, 4) is 0 Å². The van der Waals surface area contributed by atoms with Gasteiger partial charge in [-0.1, -0.05) is 36.9 Å². The molecule has 0 fully saturated rings. The van der Waals surface area contributed by atoms with Crippen LogP contribution in [0.4, 0.5) is 5.69 Å². The molecule has 6 nitrogen and oxygen atoms in total. The van der Waals surface area contributed by atoms with Gasteiger partial charge in [0.25, 0.3) is 0 Å². The average molecular weight is 401 g/mol. The van der Waals surface area contributed by atoms with Gasteiger partial charge in [0.2, 0.25) is 11.8 Å². The van der Waals surface area contributed by atoms with Crippen LogP contribution < -0.4 is 5.32 Å². The molecule has 1 N–H and O–H groups in total. The largest absolute Gasteiger partial charge is 0.336 e. The van der Waals surface area contributed by atoms with Crippen LogP contribution in [0.3, 0.4) is 0 Å². The third-order valence-electron chi connectivity index (χ3n) is 4.65. The maximum absolute atomic E-state index is 12.5. The average Bonchev–Trinajstić information content (AvgIpc) is 2.67. The summed E-state index contributed by atoms with van der Waals surface area (Å²) in [5, 5.41) is 3.64. The van der Waals surface area contributed by atoms with E-state index in [2.05, 4.69) is 15.3 Å². The molecule has 0 atom stereocenters. The van der Waals surface area contributed by atoms with Crippen molar-refractivity contribution in [3.05, 3.63) is 46.8 Å². The van der Waals surface area contributed by atoms with Crippen LogP contribution in [0.25, 0.3) is 0 Å². The fourth-order valence-corrected chi connectivity index (χ4v) is 3.48. The van der Waals surface area contributed by atoms with E-state index >= 15 is 0 Å². The number of thioether (sulfide) groups is 1. The van der Waals surface area contributed by atoms with Gasteiger partial charge in [0.15, 0.2) is 5.16 Å². The van der Waals surface area contributed by atoms with Crippen LogP contribution in [-0.2, 0) is 22.4 Å². The molecule has 1 heterocycles. The van der Waals surface area contributed by atoms with Gasteiger partial charge in [-0.05, 0) is 50.1 Å². The van der Waals surface area contributed by atoms with Crippen LogP contribution in [0.5, 0.6) is 0 Å². The first-order valence-electron chi connectivity index (χ1n) is 9.35. The number of benzene rings is 1. The molecule has 28 heavy (non-hydrogen) atoms. The summed E-state index contributed by atoms with van der Waals surface area (Å²) in [6, 6.07) is 7.70. The molecule has 0 aliphatic rings. The van der Waals surface area contributed by atoms with E-state index in [9.17, 15) is 9.59 Å². The topological polar surface area (TPSA) is 75.2 Å². The molecule has 1 aromatic heterocycles. The van der Waals surface area contributed by atoms with Gasteiger partial charge in [0.1, 0.15) is 0 Å². The first-order valence-corrected chi connectivity index (χ1v) is 10.6. The second-order valence-electron chi connectivity index (χ2n) is 6.67. The van der Waals surface area contributed by atoms with Crippen molar-refractivity contribution in [3.63, 3.8) is 0 Å². The highest BCUT2D eigenvalue weighted by atomic mass is 32.2. The molecule has 0 saturated carbocycles. The first-order chi connectivity index (χ1) is 13.3. The van der Waals surface area contributed by atoms with Gasteiger partial charge >= 0.3 is 0 Å². The van der Waals surface area contributed by atoms with E-state index in [1.807, 2.05) is 51.3 Å². The Kier molecular flexibility index (Phi) is 7.99. The Morgan fingerprint density at radius 3 is 2.39 bits per heavy atom. The number of rotatable bonds is 8. The van der Waals surface area contributed by atoms with Gasteiger partial charge in [0, 0.05) is 30.5 Å². The maximum atomic E-state index is 12.5. The minimum Gasteiger partial charge on any atom is -0.336 e. The van der Waals surface area contributed by atoms with Gasteiger partial charge < -0.3 is 10.2 Å². The van der Waals surface area contributed by atoms with Crippen molar-refractivity contribution in [1.29, 1.82) is 0 Å². The van der Waals surface area contributed by atoms with Gasteiger partial charge in [-0.15, -0.1) is 0 Å². The molecule has 0 saturated heterocycles. The van der Waals surface area contributed by atoms with E-state index in [1.54, 1.807) is 7.05 Å². The number of anilines is 1. The van der Waals surface area contributed by atoms with Crippen molar-refractivity contribution in [2.45, 2.75) is 45.2 Å². The molecule has 2 amide bonds. The van der Waals surface area contributed by atoms with Gasteiger partial charge in [-0.3, -0.25) is 9.59 Å². The smallest absolute Gasteiger partial charge is 0.243 e. The molecule has 0 aliphatic carbocycles. The van der Waals surface area contributed by atoms with Crippen LogP contribution in [0, 0.1) is 13.8 Å². The lowest BCUT2D eigenvalue weighted by atomic mass is 10.1. The lowest BCUT2D eigenvalue weighted by Crippen LogP contribution is -2.35. The fraction of sp³-hybridized carbons (Fsp3) is 0.429. The van der Waals surface area contributed by atoms with Crippen molar-refractivity contribution in [2.75, 3.05) is 25.2 Å². The molecule has 150 valence electrons. The number of likely N-dealkylation sites (N-methyl/N-ethyl adjacent to an activating group) is 1. The third-order valence-corrected chi connectivity index (χ3v) is 5.20. The predicted octanol–water partition coefficient (Wildman–Crippen LogP) is 3.41. The number of nitrogens with zero attached hydrogens (tertiary/aromatic N) is 3. The molecular weight excluding hydrogens is 372 g/mol. The molecule has 0 unspecified atom stereocenters. The summed E-state index contributed by atoms with van der Waals surface area (Å²) in [5.41, 5.74) is 4.68. The monoisotopic (exact) mass is 400 g/mol. The molecule has 0 spiro atoms. The lowest BCUT2D eigenvalue weighted by molar-refractivity contribution is -0.133. The van der Waals surface area contributed by atoms with Crippen molar-refractivity contribution >= 4 is 29.3 Å². The summed E-state index contributed by atoms with van der Waals surface area (Å²) in [6.07, 6.45) is 3.66. The van der Waals surface area contributed by atoms with Crippen LogP contribution in [-0.4, -0.2) is 46.5 Å². The molecule has 0 bridgehead atoms. The summed E-state index contributed by atoms with van der Waals surface area (Å²) in [7, 11) is 1.65. The SMILES string of the molecule is CCc1ccccc1NC(=O)CN(C)C(=O)CCc1c(C)nc(SC)nc1C. The molecule has 7 heteroatoms. The second kappa shape index (κ2) is 10.2. The van der Waals surface area contributed by atoms with Crippen LogP contribution in [0.2, 0.25) is 0 Å². The highest BCUT2D eigenvalue weighted by Gasteiger charge is 2.16. The van der Waals surface area contributed by atoms with E-state index in [1.165, 1.54) is 16.7 Å². The Morgan fingerprint density at radius 1 is 1.14 bits per heavy atom. The number of para-hydroxylation sites is 1. The van der Waals surface area contributed by atoms with Crippen molar-refractivity contribution in [2.24, 2.45) is 0 Å². The molecular formula is C21H28N4O2S. The number of nitrogens with one attached hydrogen (secondary N) is 1. The zero-order valence-electron chi connectivity index (χ0n) is 17.2. The van der Waals surface area contributed by atoms with Crippen LogP contribution >= 0.6 is 11.8 Å². The Hall–Kier alpha value is -2.41. The molecule has 0 aliphatic heterocycles. The minimum atomic E-state index is -0.197. The van der Waals surface area contributed by atoms with Gasteiger partial charge in [-0.2, -0.15) is 0 Å². The summed E-state index contributed by atoms with van der Waals surface area (Å²) in [5.74, 6) is -0.275. The van der Waals surface area contributed by atoms with Gasteiger partial charge in [-0.25, -0.2) is 9.97 Å². The minimum absolute atomic E-state index is 0.0246. The van der Waals surface area contributed by atoms with Crippen molar-refractivity contribution < 1.29 is 9.59 Å². The summed E-state index contributed by atoms with van der Waals surface area (Å²) < 4.78 is 0. The maximum Gasteiger partial charge on any atom is 0.243 e. The van der Waals surface area contributed by atoms with E-state index < -0.39 is 0 Å². The summed E-state index contributed by atoms with van der Waals surface area (Å²) in [6.45, 7) is 5.95. The lowest BCUT2D eigenvalue weighted by Gasteiger charge is -2.18. The summed E-state index contributed by atoms with van der Waals surface area (Å²) in [4.78, 5) is 35.2. The quantitative estimate of drug-likeness (QED) is 0.543. The number of hydrogen-bond acceptors (Lipinski definition) is 5.